The van der Waals surface area contributed by atoms with Gasteiger partial charge in [-0.15, -0.1) is 0 Å². The average Bonchev–Trinajstić information content (AvgIpc) is 3.33. The van der Waals surface area contributed by atoms with Crippen LogP contribution in [-0.4, -0.2) is 46.4 Å². The fourth-order valence-electron chi connectivity index (χ4n) is 4.19. The molecule has 3 aromatic rings. The standard InChI is InChI=1S/C23H26ClFN6O2/c1-13(27-18-9-17(18)25)16-5-6-30-21(26-2)10-20(29-22(16)30)28-19-8-14(24)11-31(23(19)32)15-4-3-7-33-12-15/h5-6,8,10-11,15,17-18,26-27H,1,3-4,7,9,12H2,2H3,(H,28,29)/t15?,17-,18+/m1/s1. The van der Waals surface area contributed by atoms with E-state index in [0.717, 1.165) is 24.2 Å². The van der Waals surface area contributed by atoms with Crippen molar-refractivity contribution in [1.29, 1.82) is 0 Å². The van der Waals surface area contributed by atoms with Crippen LogP contribution in [0.5, 0.6) is 0 Å². The molecule has 0 radical (unpaired) electrons. The molecule has 1 aliphatic heterocycles. The molecule has 1 unspecified atom stereocenters. The summed E-state index contributed by atoms with van der Waals surface area (Å²) in [6, 6.07) is 5.03. The fraction of sp³-hybridized carbons (Fsp3) is 0.391. The number of halogens is 2. The number of aromatic nitrogens is 3. The van der Waals surface area contributed by atoms with Gasteiger partial charge in [-0.05, 0) is 25.0 Å². The minimum Gasteiger partial charge on any atom is -0.379 e. The number of rotatable bonds is 7. The first kappa shape index (κ1) is 21.8. The van der Waals surface area contributed by atoms with Gasteiger partial charge < -0.3 is 25.3 Å². The zero-order valence-electron chi connectivity index (χ0n) is 18.3. The molecular formula is C23H26ClFN6O2. The Kier molecular flexibility index (Phi) is 5.76. The fourth-order valence-corrected chi connectivity index (χ4v) is 4.41. The third-order valence-corrected chi connectivity index (χ3v) is 6.28. The van der Waals surface area contributed by atoms with E-state index in [9.17, 15) is 9.18 Å². The van der Waals surface area contributed by atoms with E-state index in [-0.39, 0.29) is 17.6 Å². The Morgan fingerprint density at radius 1 is 1.39 bits per heavy atom. The van der Waals surface area contributed by atoms with Crippen LogP contribution >= 0.6 is 11.6 Å². The van der Waals surface area contributed by atoms with Crippen LogP contribution in [0.4, 0.5) is 21.7 Å². The van der Waals surface area contributed by atoms with Gasteiger partial charge in [-0.3, -0.25) is 9.20 Å². The van der Waals surface area contributed by atoms with Gasteiger partial charge in [0.05, 0.1) is 23.7 Å². The zero-order chi connectivity index (χ0) is 23.1. The summed E-state index contributed by atoms with van der Waals surface area (Å²) in [4.78, 5) is 17.9. The second-order valence-corrected chi connectivity index (χ2v) is 8.90. The molecule has 5 rings (SSSR count). The van der Waals surface area contributed by atoms with Crippen molar-refractivity contribution in [2.75, 3.05) is 30.9 Å². The summed E-state index contributed by atoms with van der Waals surface area (Å²) in [5.41, 5.74) is 2.14. The molecule has 174 valence electrons. The van der Waals surface area contributed by atoms with E-state index in [1.54, 1.807) is 29.9 Å². The molecule has 2 fully saturated rings. The van der Waals surface area contributed by atoms with Gasteiger partial charge in [-0.2, -0.15) is 0 Å². The second kappa shape index (κ2) is 8.72. The second-order valence-electron chi connectivity index (χ2n) is 8.46. The van der Waals surface area contributed by atoms with Gasteiger partial charge in [0.15, 0.2) is 0 Å². The maximum Gasteiger partial charge on any atom is 0.274 e. The largest absolute Gasteiger partial charge is 0.379 e. The highest BCUT2D eigenvalue weighted by molar-refractivity contribution is 6.30. The van der Waals surface area contributed by atoms with Crippen molar-refractivity contribution in [3.63, 3.8) is 0 Å². The number of anilines is 3. The zero-order valence-corrected chi connectivity index (χ0v) is 19.0. The van der Waals surface area contributed by atoms with Gasteiger partial charge in [0.2, 0.25) is 0 Å². The van der Waals surface area contributed by atoms with Crippen molar-refractivity contribution in [1.82, 2.24) is 19.3 Å². The Morgan fingerprint density at radius 3 is 2.91 bits per heavy atom. The summed E-state index contributed by atoms with van der Waals surface area (Å²) in [5, 5.41) is 9.85. The highest BCUT2D eigenvalue weighted by Gasteiger charge is 2.37. The lowest BCUT2D eigenvalue weighted by Gasteiger charge is -2.25. The maximum absolute atomic E-state index is 13.4. The Bertz CT molecular complexity index is 1270. The summed E-state index contributed by atoms with van der Waals surface area (Å²) in [6.45, 7) is 5.26. The lowest BCUT2D eigenvalue weighted by atomic mass is 10.1. The average molecular weight is 473 g/mol. The van der Waals surface area contributed by atoms with Gasteiger partial charge in [0.1, 0.15) is 29.1 Å². The monoisotopic (exact) mass is 472 g/mol. The van der Waals surface area contributed by atoms with Crippen LogP contribution in [0.25, 0.3) is 11.3 Å². The van der Waals surface area contributed by atoms with Crippen molar-refractivity contribution in [3.05, 3.63) is 58.1 Å². The molecule has 0 spiro atoms. The topological polar surface area (TPSA) is 84.6 Å². The molecule has 1 saturated carbocycles. The first-order valence-electron chi connectivity index (χ1n) is 11.0. The van der Waals surface area contributed by atoms with Gasteiger partial charge in [0.25, 0.3) is 5.56 Å². The summed E-state index contributed by atoms with van der Waals surface area (Å²) in [5.74, 6) is 1.24. The predicted molar refractivity (Wildman–Crippen MR) is 128 cm³/mol. The smallest absolute Gasteiger partial charge is 0.274 e. The number of ether oxygens (including phenoxy) is 1. The molecule has 4 heterocycles. The van der Waals surface area contributed by atoms with Gasteiger partial charge in [-0.1, -0.05) is 18.2 Å². The molecule has 0 aromatic carbocycles. The van der Waals surface area contributed by atoms with Crippen molar-refractivity contribution < 1.29 is 9.13 Å². The Balaban J connectivity index is 1.50. The van der Waals surface area contributed by atoms with E-state index in [2.05, 4.69) is 22.5 Å². The molecule has 1 saturated heterocycles. The van der Waals surface area contributed by atoms with Crippen LogP contribution in [0.15, 0.2) is 42.0 Å². The van der Waals surface area contributed by atoms with Gasteiger partial charge >= 0.3 is 0 Å². The molecule has 2 aliphatic rings. The van der Waals surface area contributed by atoms with E-state index in [1.807, 2.05) is 16.7 Å². The quantitative estimate of drug-likeness (QED) is 0.482. The summed E-state index contributed by atoms with van der Waals surface area (Å²) in [6.07, 6.45) is 4.93. The summed E-state index contributed by atoms with van der Waals surface area (Å²) in [7, 11) is 1.80. The van der Waals surface area contributed by atoms with Crippen LogP contribution in [0.2, 0.25) is 5.02 Å². The van der Waals surface area contributed by atoms with Crippen LogP contribution in [0, 0.1) is 0 Å². The van der Waals surface area contributed by atoms with E-state index >= 15 is 0 Å². The van der Waals surface area contributed by atoms with Gasteiger partial charge in [0, 0.05) is 49.8 Å². The molecule has 3 atom stereocenters. The Hall–Kier alpha value is -3.04. The van der Waals surface area contributed by atoms with E-state index in [1.165, 1.54) is 0 Å². The highest BCUT2D eigenvalue weighted by atomic mass is 35.5. The molecule has 8 nitrogen and oxygen atoms in total. The number of hydrogen-bond donors (Lipinski definition) is 3. The molecule has 1 aliphatic carbocycles. The lowest BCUT2D eigenvalue weighted by Crippen LogP contribution is -2.31. The first-order valence-corrected chi connectivity index (χ1v) is 11.4. The molecule has 10 heteroatoms. The van der Waals surface area contributed by atoms with Crippen molar-refractivity contribution in [3.8, 4) is 0 Å². The third kappa shape index (κ3) is 4.30. The Morgan fingerprint density at radius 2 is 2.21 bits per heavy atom. The van der Waals surface area contributed by atoms with Crippen LogP contribution in [0.1, 0.15) is 30.9 Å². The minimum atomic E-state index is -0.840. The Labute approximate surface area is 195 Å². The van der Waals surface area contributed by atoms with Gasteiger partial charge in [-0.25, -0.2) is 9.37 Å². The van der Waals surface area contributed by atoms with Crippen LogP contribution in [0.3, 0.4) is 0 Å². The molecule has 3 N–H and O–H groups in total. The van der Waals surface area contributed by atoms with E-state index in [0.29, 0.717) is 47.5 Å². The number of nitrogens with zero attached hydrogens (tertiary/aromatic N) is 3. The molecule has 33 heavy (non-hydrogen) atoms. The molecule has 0 bridgehead atoms. The van der Waals surface area contributed by atoms with Crippen molar-refractivity contribution in [2.45, 2.75) is 37.5 Å². The summed E-state index contributed by atoms with van der Waals surface area (Å²) < 4.78 is 22.4. The number of fused-ring (bicyclic) bond motifs is 1. The SMILES string of the molecule is C=C(N[C@H]1C[C@H]1F)c1ccn2c(NC)cc(Nc3cc(Cl)cn(C4CCCOC4)c3=O)nc12. The minimum absolute atomic E-state index is 0.0535. The van der Waals surface area contributed by atoms with Crippen molar-refractivity contribution in [2.24, 2.45) is 0 Å². The number of pyridine rings is 1. The number of alkyl halides is 1. The lowest BCUT2D eigenvalue weighted by molar-refractivity contribution is 0.0581. The third-order valence-electron chi connectivity index (χ3n) is 6.07. The molecular weight excluding hydrogens is 447 g/mol. The number of nitrogens with one attached hydrogen (secondary N) is 3. The molecule has 0 amide bonds. The number of hydrogen-bond acceptors (Lipinski definition) is 6. The molecule has 3 aromatic heterocycles. The highest BCUT2D eigenvalue weighted by Crippen LogP contribution is 2.30. The van der Waals surface area contributed by atoms with Crippen molar-refractivity contribution >= 4 is 40.3 Å². The summed E-state index contributed by atoms with van der Waals surface area (Å²) >= 11 is 6.35. The van der Waals surface area contributed by atoms with Crippen LogP contribution in [-0.2, 0) is 4.74 Å². The van der Waals surface area contributed by atoms with Crippen LogP contribution < -0.4 is 21.5 Å². The maximum atomic E-state index is 13.4. The van der Waals surface area contributed by atoms with E-state index in [4.69, 9.17) is 21.3 Å². The van der Waals surface area contributed by atoms with E-state index < -0.39 is 6.17 Å². The predicted octanol–water partition coefficient (Wildman–Crippen LogP) is 3.96. The first-order chi connectivity index (χ1) is 15.9. The normalized spacial score (nSPS) is 22.2.